The molecule has 1 aromatic rings. The molecule has 1 aliphatic heterocycles. The van der Waals surface area contributed by atoms with Crippen LogP contribution in [0.1, 0.15) is 35.9 Å². The summed E-state index contributed by atoms with van der Waals surface area (Å²) < 4.78 is 0. The highest BCUT2D eigenvalue weighted by molar-refractivity contribution is 14.0. The summed E-state index contributed by atoms with van der Waals surface area (Å²) in [4.78, 5) is 9.57. The number of aryl methyl sites for hydroxylation is 1. The summed E-state index contributed by atoms with van der Waals surface area (Å²) in [6.07, 6.45) is 4.06. The van der Waals surface area contributed by atoms with Gasteiger partial charge in [0, 0.05) is 35.9 Å². The van der Waals surface area contributed by atoms with Gasteiger partial charge in [-0.2, -0.15) is 0 Å². The van der Waals surface area contributed by atoms with Crippen LogP contribution in [0.15, 0.2) is 17.1 Å². The lowest BCUT2D eigenvalue weighted by molar-refractivity contribution is 0.163. The molecule has 0 radical (unpaired) electrons. The van der Waals surface area contributed by atoms with E-state index in [0.29, 0.717) is 0 Å². The van der Waals surface area contributed by atoms with Crippen LogP contribution in [0.4, 0.5) is 0 Å². The van der Waals surface area contributed by atoms with Crippen LogP contribution in [0.3, 0.4) is 0 Å². The highest BCUT2D eigenvalue weighted by Crippen LogP contribution is 2.15. The number of hydrogen-bond donors (Lipinski definition) is 2. The van der Waals surface area contributed by atoms with E-state index in [-0.39, 0.29) is 24.0 Å². The van der Waals surface area contributed by atoms with E-state index < -0.39 is 0 Å². The Morgan fingerprint density at radius 3 is 2.82 bits per heavy atom. The first kappa shape index (κ1) is 19.7. The maximum Gasteiger partial charge on any atom is 0.191 e. The molecule has 1 atom stereocenters. The molecule has 0 spiro atoms. The van der Waals surface area contributed by atoms with E-state index in [4.69, 9.17) is 0 Å². The summed E-state index contributed by atoms with van der Waals surface area (Å²) in [5, 5.41) is 6.79. The van der Waals surface area contributed by atoms with Gasteiger partial charge in [0.15, 0.2) is 5.96 Å². The van der Waals surface area contributed by atoms with Gasteiger partial charge in [0.25, 0.3) is 0 Å². The molecule has 2 rings (SSSR count). The van der Waals surface area contributed by atoms with Gasteiger partial charge in [0.2, 0.25) is 0 Å². The van der Waals surface area contributed by atoms with Crippen LogP contribution in [-0.4, -0.2) is 43.6 Å². The second-order valence-corrected chi connectivity index (χ2v) is 7.12. The Labute approximate surface area is 155 Å². The lowest BCUT2D eigenvalue weighted by atomic mass is 10.0. The van der Waals surface area contributed by atoms with Gasteiger partial charge in [0.1, 0.15) is 0 Å². The van der Waals surface area contributed by atoms with Gasteiger partial charge >= 0.3 is 0 Å². The van der Waals surface area contributed by atoms with Crippen molar-refractivity contribution in [1.29, 1.82) is 0 Å². The summed E-state index contributed by atoms with van der Waals surface area (Å²) in [6, 6.07) is 5.07. The zero-order valence-electron chi connectivity index (χ0n) is 13.9. The van der Waals surface area contributed by atoms with E-state index in [1.54, 1.807) is 0 Å². The van der Waals surface area contributed by atoms with Crippen molar-refractivity contribution >= 4 is 41.3 Å². The molecule has 0 bridgehead atoms. The normalized spacial score (nSPS) is 19.6. The fraction of sp³-hybridized carbons (Fsp3) is 0.688. The third-order valence-corrected chi connectivity index (χ3v) is 5.08. The van der Waals surface area contributed by atoms with Crippen molar-refractivity contribution in [3.63, 3.8) is 0 Å². The fourth-order valence-corrected chi connectivity index (χ4v) is 3.61. The first-order valence-corrected chi connectivity index (χ1v) is 8.74. The Kier molecular flexibility index (Phi) is 9.35. The lowest BCUT2D eigenvalue weighted by Crippen LogP contribution is -2.45. The maximum atomic E-state index is 4.29. The molecule has 6 heteroatoms. The molecule has 22 heavy (non-hydrogen) atoms. The number of nitrogens with one attached hydrogen (secondary N) is 2. The fourth-order valence-electron chi connectivity index (χ4n) is 2.78. The Morgan fingerprint density at radius 1 is 1.36 bits per heavy atom. The quantitative estimate of drug-likeness (QED) is 0.423. The van der Waals surface area contributed by atoms with E-state index in [9.17, 15) is 0 Å². The molecule has 4 nitrogen and oxygen atoms in total. The number of piperidine rings is 1. The minimum absolute atomic E-state index is 0. The van der Waals surface area contributed by atoms with Gasteiger partial charge in [-0.25, -0.2) is 0 Å². The van der Waals surface area contributed by atoms with E-state index in [0.717, 1.165) is 31.6 Å². The van der Waals surface area contributed by atoms with Gasteiger partial charge in [0.05, 0.1) is 6.54 Å². The van der Waals surface area contributed by atoms with Gasteiger partial charge in [-0.3, -0.25) is 9.89 Å². The number of likely N-dealkylation sites (tertiary alicyclic amines) is 1. The van der Waals surface area contributed by atoms with Crippen LogP contribution < -0.4 is 10.6 Å². The molecule has 1 saturated heterocycles. The van der Waals surface area contributed by atoms with Crippen LogP contribution in [-0.2, 0) is 6.54 Å². The molecule has 0 amide bonds. The molecule has 0 saturated carbocycles. The molecule has 1 unspecified atom stereocenters. The predicted molar refractivity (Wildman–Crippen MR) is 108 cm³/mol. The van der Waals surface area contributed by atoms with Crippen LogP contribution in [0, 0.1) is 6.92 Å². The van der Waals surface area contributed by atoms with Gasteiger partial charge in [-0.1, -0.05) is 6.42 Å². The second kappa shape index (κ2) is 10.4. The number of nitrogens with zero attached hydrogens (tertiary/aromatic N) is 2. The third-order valence-electron chi connectivity index (χ3n) is 4.08. The summed E-state index contributed by atoms with van der Waals surface area (Å²) in [5.41, 5.74) is 0. The summed E-state index contributed by atoms with van der Waals surface area (Å²) >= 11 is 1.83. The topological polar surface area (TPSA) is 39.7 Å². The van der Waals surface area contributed by atoms with Crippen molar-refractivity contribution in [3.05, 3.63) is 21.9 Å². The summed E-state index contributed by atoms with van der Waals surface area (Å²) in [5.74, 6) is 0.894. The zero-order chi connectivity index (χ0) is 15.1. The molecule has 2 N–H and O–H groups in total. The standard InChI is InChI=1S/C16H28N4S.HI/c1-13-6-4-5-10-20(13)11-9-18-16(17-3)19-12-15-8-7-14(2)21-15;/h7-8,13H,4-6,9-12H2,1-3H3,(H2,17,18,19);1H. The summed E-state index contributed by atoms with van der Waals surface area (Å²) in [7, 11) is 1.83. The van der Waals surface area contributed by atoms with Crippen LogP contribution in [0.5, 0.6) is 0 Å². The Morgan fingerprint density at radius 2 is 2.18 bits per heavy atom. The number of hydrogen-bond acceptors (Lipinski definition) is 3. The molecule has 0 aliphatic carbocycles. The van der Waals surface area contributed by atoms with E-state index in [1.165, 1.54) is 35.6 Å². The first-order chi connectivity index (χ1) is 10.2. The highest BCUT2D eigenvalue weighted by atomic mass is 127. The number of rotatable bonds is 5. The molecular formula is C16H29IN4S. The van der Waals surface area contributed by atoms with Crippen molar-refractivity contribution in [2.45, 2.75) is 45.7 Å². The zero-order valence-corrected chi connectivity index (χ0v) is 17.0. The third kappa shape index (κ3) is 6.42. The van der Waals surface area contributed by atoms with E-state index in [1.807, 2.05) is 18.4 Å². The smallest absolute Gasteiger partial charge is 0.191 e. The van der Waals surface area contributed by atoms with Gasteiger partial charge in [-0.05, 0) is 45.4 Å². The number of aliphatic imine (C=N–C) groups is 1. The molecule has 2 heterocycles. The van der Waals surface area contributed by atoms with Crippen molar-refractivity contribution in [1.82, 2.24) is 15.5 Å². The largest absolute Gasteiger partial charge is 0.355 e. The Bertz CT molecular complexity index is 461. The Hall–Kier alpha value is -0.340. The molecule has 0 aromatic carbocycles. The average molecular weight is 436 g/mol. The van der Waals surface area contributed by atoms with Crippen molar-refractivity contribution in [3.8, 4) is 0 Å². The van der Waals surface area contributed by atoms with Crippen LogP contribution in [0.25, 0.3) is 0 Å². The minimum Gasteiger partial charge on any atom is -0.355 e. The van der Waals surface area contributed by atoms with E-state index >= 15 is 0 Å². The molecule has 1 fully saturated rings. The number of thiophene rings is 1. The van der Waals surface area contributed by atoms with Crippen LogP contribution in [0.2, 0.25) is 0 Å². The Balaban J connectivity index is 0.00000242. The molecule has 1 aromatic heterocycles. The van der Waals surface area contributed by atoms with Gasteiger partial charge < -0.3 is 10.6 Å². The van der Waals surface area contributed by atoms with Crippen molar-refractivity contribution in [2.75, 3.05) is 26.7 Å². The van der Waals surface area contributed by atoms with E-state index in [2.05, 4.69) is 46.5 Å². The SMILES string of the molecule is CN=C(NCCN1CCCCC1C)NCc1ccc(C)s1.I. The number of halogens is 1. The average Bonchev–Trinajstić information content (AvgIpc) is 2.90. The second-order valence-electron chi connectivity index (χ2n) is 5.75. The van der Waals surface area contributed by atoms with Crippen LogP contribution >= 0.6 is 35.3 Å². The summed E-state index contributed by atoms with van der Waals surface area (Å²) in [6.45, 7) is 8.61. The first-order valence-electron chi connectivity index (χ1n) is 7.93. The van der Waals surface area contributed by atoms with Gasteiger partial charge in [-0.15, -0.1) is 35.3 Å². The number of guanidine groups is 1. The monoisotopic (exact) mass is 436 g/mol. The lowest BCUT2D eigenvalue weighted by Gasteiger charge is -2.33. The molecule has 126 valence electrons. The maximum absolute atomic E-state index is 4.29. The minimum atomic E-state index is 0. The van der Waals surface area contributed by atoms with Crippen molar-refractivity contribution < 1.29 is 0 Å². The molecule has 1 aliphatic rings. The molecular weight excluding hydrogens is 407 g/mol. The van der Waals surface area contributed by atoms with Crippen molar-refractivity contribution in [2.24, 2.45) is 4.99 Å². The predicted octanol–water partition coefficient (Wildman–Crippen LogP) is 3.21. The highest BCUT2D eigenvalue weighted by Gasteiger charge is 2.17.